The second-order valence-corrected chi connectivity index (χ2v) is 4.71. The lowest BCUT2D eigenvalue weighted by atomic mass is 10.2. The van der Waals surface area contributed by atoms with E-state index in [1.54, 1.807) is 30.3 Å². The minimum atomic E-state index is -0.293. The lowest BCUT2D eigenvalue weighted by Gasteiger charge is -2.11. The van der Waals surface area contributed by atoms with Crippen molar-refractivity contribution in [2.75, 3.05) is 17.7 Å². The first-order chi connectivity index (χ1) is 9.58. The highest BCUT2D eigenvalue weighted by molar-refractivity contribution is 6.33. The zero-order valence-corrected chi connectivity index (χ0v) is 11.8. The number of nitrogen functional groups attached to an aromatic ring is 1. The average Bonchev–Trinajstić information content (AvgIpc) is 2.43. The maximum absolute atomic E-state index is 11.8. The Morgan fingerprint density at radius 1 is 1.25 bits per heavy atom. The van der Waals surface area contributed by atoms with E-state index >= 15 is 0 Å². The van der Waals surface area contributed by atoms with Gasteiger partial charge in [-0.2, -0.15) is 0 Å². The molecule has 0 atom stereocenters. The van der Waals surface area contributed by atoms with Gasteiger partial charge in [0.2, 0.25) is 0 Å². The van der Waals surface area contributed by atoms with Crippen LogP contribution in [-0.4, -0.2) is 12.5 Å². The van der Waals surface area contributed by atoms with Gasteiger partial charge >= 0.3 is 0 Å². The third kappa shape index (κ3) is 3.42. The number of nitrogens with two attached hydrogens (primary N) is 1. The van der Waals surface area contributed by atoms with E-state index in [-0.39, 0.29) is 12.5 Å². The Hall–Kier alpha value is -2.20. The summed E-state index contributed by atoms with van der Waals surface area (Å²) in [5.74, 6) is 0.207. The lowest BCUT2D eigenvalue weighted by molar-refractivity contribution is -0.118. The van der Waals surface area contributed by atoms with Gasteiger partial charge in [-0.3, -0.25) is 4.79 Å². The maximum Gasteiger partial charge on any atom is 0.262 e. The van der Waals surface area contributed by atoms with E-state index in [9.17, 15) is 4.79 Å². The Morgan fingerprint density at radius 3 is 2.75 bits per heavy atom. The SMILES string of the molecule is Cc1cccc(OCC(=O)Nc2ccccc2Cl)c1N. The second-order valence-electron chi connectivity index (χ2n) is 4.30. The summed E-state index contributed by atoms with van der Waals surface area (Å²) in [7, 11) is 0. The highest BCUT2D eigenvalue weighted by atomic mass is 35.5. The summed E-state index contributed by atoms with van der Waals surface area (Å²) in [6.07, 6.45) is 0. The number of aryl methyl sites for hydroxylation is 1. The molecule has 0 heterocycles. The van der Waals surface area contributed by atoms with Gasteiger partial charge in [-0.1, -0.05) is 35.9 Å². The summed E-state index contributed by atoms with van der Waals surface area (Å²) >= 11 is 5.96. The Bertz CT molecular complexity index is 629. The average molecular weight is 291 g/mol. The summed E-state index contributed by atoms with van der Waals surface area (Å²) in [6, 6.07) is 12.4. The van der Waals surface area contributed by atoms with Crippen LogP contribution in [0.5, 0.6) is 5.75 Å². The smallest absolute Gasteiger partial charge is 0.262 e. The van der Waals surface area contributed by atoms with Crippen molar-refractivity contribution >= 4 is 28.9 Å². The molecule has 0 fully saturated rings. The maximum atomic E-state index is 11.8. The van der Waals surface area contributed by atoms with Gasteiger partial charge in [-0.25, -0.2) is 0 Å². The molecule has 2 aromatic carbocycles. The van der Waals surface area contributed by atoms with Gasteiger partial charge in [-0.05, 0) is 30.7 Å². The first kappa shape index (κ1) is 14.2. The summed E-state index contributed by atoms with van der Waals surface area (Å²) in [5, 5.41) is 3.16. The molecule has 0 saturated carbocycles. The third-order valence-electron chi connectivity index (χ3n) is 2.79. The quantitative estimate of drug-likeness (QED) is 0.850. The molecule has 0 bridgehead atoms. The molecule has 1 amide bonds. The van der Waals surface area contributed by atoms with Crippen LogP contribution in [0.1, 0.15) is 5.56 Å². The number of ether oxygens (including phenoxy) is 1. The fourth-order valence-corrected chi connectivity index (χ4v) is 1.85. The van der Waals surface area contributed by atoms with Gasteiger partial charge in [0.15, 0.2) is 6.61 Å². The molecule has 104 valence electrons. The van der Waals surface area contributed by atoms with Crippen LogP contribution >= 0.6 is 11.6 Å². The molecular weight excluding hydrogens is 276 g/mol. The molecule has 2 rings (SSSR count). The zero-order valence-electron chi connectivity index (χ0n) is 11.0. The summed E-state index contributed by atoms with van der Waals surface area (Å²) in [4.78, 5) is 11.8. The van der Waals surface area contributed by atoms with Gasteiger partial charge in [0.25, 0.3) is 5.91 Å². The molecule has 5 heteroatoms. The van der Waals surface area contributed by atoms with Crippen LogP contribution in [-0.2, 0) is 4.79 Å². The van der Waals surface area contributed by atoms with Crippen LogP contribution in [0.2, 0.25) is 5.02 Å². The molecule has 3 N–H and O–H groups in total. The standard InChI is InChI=1S/C15H15ClN2O2/c1-10-5-4-8-13(15(10)17)20-9-14(19)18-12-7-3-2-6-11(12)16/h2-8H,9,17H2,1H3,(H,18,19). The van der Waals surface area contributed by atoms with Gasteiger partial charge in [0, 0.05) is 0 Å². The van der Waals surface area contributed by atoms with E-state index in [1.165, 1.54) is 0 Å². The van der Waals surface area contributed by atoms with Crippen molar-refractivity contribution in [3.05, 3.63) is 53.1 Å². The van der Waals surface area contributed by atoms with E-state index in [0.717, 1.165) is 5.56 Å². The van der Waals surface area contributed by atoms with E-state index < -0.39 is 0 Å². The Balaban J connectivity index is 1.96. The number of carbonyl (C=O) groups excluding carboxylic acids is 1. The fourth-order valence-electron chi connectivity index (χ4n) is 1.67. The van der Waals surface area contributed by atoms with E-state index in [2.05, 4.69) is 5.32 Å². The number of anilines is 2. The molecule has 20 heavy (non-hydrogen) atoms. The molecule has 0 aromatic heterocycles. The van der Waals surface area contributed by atoms with E-state index in [4.69, 9.17) is 22.1 Å². The van der Waals surface area contributed by atoms with Crippen LogP contribution < -0.4 is 15.8 Å². The topological polar surface area (TPSA) is 64.3 Å². The van der Waals surface area contributed by atoms with Crippen molar-refractivity contribution < 1.29 is 9.53 Å². The summed E-state index contributed by atoms with van der Waals surface area (Å²) in [6.45, 7) is 1.75. The number of nitrogens with one attached hydrogen (secondary N) is 1. The minimum absolute atomic E-state index is 0.126. The van der Waals surface area contributed by atoms with Crippen LogP contribution in [0.15, 0.2) is 42.5 Å². The van der Waals surface area contributed by atoms with Crippen molar-refractivity contribution in [2.24, 2.45) is 0 Å². The first-order valence-electron chi connectivity index (χ1n) is 6.10. The number of benzene rings is 2. The van der Waals surface area contributed by atoms with Gasteiger partial charge in [0.1, 0.15) is 5.75 Å². The first-order valence-corrected chi connectivity index (χ1v) is 6.48. The number of hydrogen-bond acceptors (Lipinski definition) is 3. The monoisotopic (exact) mass is 290 g/mol. The number of hydrogen-bond donors (Lipinski definition) is 2. The largest absolute Gasteiger partial charge is 0.482 e. The highest BCUT2D eigenvalue weighted by Gasteiger charge is 2.08. The molecule has 0 aliphatic carbocycles. The molecular formula is C15H15ClN2O2. The van der Waals surface area contributed by atoms with Crippen LogP contribution in [0, 0.1) is 6.92 Å². The summed E-state index contributed by atoms with van der Waals surface area (Å²) < 4.78 is 5.41. The molecule has 4 nitrogen and oxygen atoms in total. The number of halogens is 1. The molecule has 0 unspecified atom stereocenters. The summed E-state index contributed by atoms with van der Waals surface area (Å²) in [5.41, 5.74) is 7.87. The van der Waals surface area contributed by atoms with E-state index in [0.29, 0.717) is 22.1 Å². The Labute approximate surface area is 122 Å². The van der Waals surface area contributed by atoms with Gasteiger partial charge < -0.3 is 15.8 Å². The number of para-hydroxylation sites is 2. The fraction of sp³-hybridized carbons (Fsp3) is 0.133. The Morgan fingerprint density at radius 2 is 2.00 bits per heavy atom. The predicted molar refractivity (Wildman–Crippen MR) is 81.2 cm³/mol. The van der Waals surface area contributed by atoms with Crippen molar-refractivity contribution in [2.45, 2.75) is 6.92 Å². The molecule has 0 spiro atoms. The second kappa shape index (κ2) is 6.30. The highest BCUT2D eigenvalue weighted by Crippen LogP contribution is 2.24. The van der Waals surface area contributed by atoms with Gasteiger partial charge in [-0.15, -0.1) is 0 Å². The van der Waals surface area contributed by atoms with E-state index in [1.807, 2.05) is 19.1 Å². The lowest BCUT2D eigenvalue weighted by Crippen LogP contribution is -2.20. The minimum Gasteiger partial charge on any atom is -0.482 e. The molecule has 0 saturated heterocycles. The third-order valence-corrected chi connectivity index (χ3v) is 3.12. The molecule has 0 aliphatic heterocycles. The molecule has 0 aliphatic rings. The van der Waals surface area contributed by atoms with Crippen molar-refractivity contribution in [3.63, 3.8) is 0 Å². The number of amides is 1. The van der Waals surface area contributed by atoms with Crippen LogP contribution in [0.3, 0.4) is 0 Å². The van der Waals surface area contributed by atoms with Crippen molar-refractivity contribution in [3.8, 4) is 5.75 Å². The molecule has 0 radical (unpaired) electrons. The van der Waals surface area contributed by atoms with Gasteiger partial charge in [0.05, 0.1) is 16.4 Å². The number of rotatable bonds is 4. The van der Waals surface area contributed by atoms with Crippen LogP contribution in [0.4, 0.5) is 11.4 Å². The van der Waals surface area contributed by atoms with Crippen molar-refractivity contribution in [1.29, 1.82) is 0 Å². The normalized spacial score (nSPS) is 10.1. The number of carbonyl (C=O) groups is 1. The van der Waals surface area contributed by atoms with Crippen LogP contribution in [0.25, 0.3) is 0 Å². The predicted octanol–water partition coefficient (Wildman–Crippen LogP) is 3.25. The Kier molecular flexibility index (Phi) is 4.48. The van der Waals surface area contributed by atoms with Crippen molar-refractivity contribution in [1.82, 2.24) is 0 Å². The zero-order chi connectivity index (χ0) is 14.5. The molecule has 2 aromatic rings.